The van der Waals surface area contributed by atoms with E-state index in [9.17, 15) is 9.59 Å². The quantitative estimate of drug-likeness (QED) is 0.658. The fourth-order valence-corrected chi connectivity index (χ4v) is 2.05. The Morgan fingerprint density at radius 2 is 1.91 bits per heavy atom. The normalized spacial score (nSPS) is 14.4. The maximum absolute atomic E-state index is 11.7. The Hall–Kier alpha value is -2.89. The Bertz CT molecular complexity index is 729. The van der Waals surface area contributed by atoms with Crippen molar-refractivity contribution in [3.8, 4) is 0 Å². The number of rotatable bonds is 5. The van der Waals surface area contributed by atoms with Gasteiger partial charge in [0, 0.05) is 11.6 Å². The van der Waals surface area contributed by atoms with E-state index in [4.69, 9.17) is 4.42 Å². The van der Waals surface area contributed by atoms with Crippen LogP contribution in [0, 0.1) is 5.92 Å². The summed E-state index contributed by atoms with van der Waals surface area (Å²) in [6.45, 7) is 1.79. The van der Waals surface area contributed by atoms with Gasteiger partial charge in [-0.2, -0.15) is 5.10 Å². The third kappa shape index (κ3) is 3.85. The van der Waals surface area contributed by atoms with E-state index in [-0.39, 0.29) is 17.6 Å². The lowest BCUT2D eigenvalue weighted by molar-refractivity contribution is -0.117. The molecule has 0 bridgehead atoms. The molecule has 0 atom stereocenters. The van der Waals surface area contributed by atoms with Crippen molar-refractivity contribution in [1.82, 2.24) is 5.43 Å². The third-order valence-electron chi connectivity index (χ3n) is 3.59. The average molecular weight is 311 g/mol. The maximum Gasteiger partial charge on any atom is 0.307 e. The van der Waals surface area contributed by atoms with Crippen molar-refractivity contribution >= 4 is 23.2 Å². The molecule has 2 N–H and O–H groups in total. The summed E-state index contributed by atoms with van der Waals surface area (Å²) in [5.41, 5.74) is 4.71. The van der Waals surface area contributed by atoms with Gasteiger partial charge in [0.1, 0.15) is 0 Å². The fourth-order valence-electron chi connectivity index (χ4n) is 2.05. The summed E-state index contributed by atoms with van der Waals surface area (Å²) in [5, 5.41) is 6.93. The van der Waals surface area contributed by atoms with E-state index in [0.29, 0.717) is 5.71 Å². The minimum absolute atomic E-state index is 0.0776. The minimum Gasteiger partial charge on any atom is -0.459 e. The van der Waals surface area contributed by atoms with Gasteiger partial charge in [-0.05, 0) is 49.6 Å². The average Bonchev–Trinajstić information content (AvgIpc) is 3.28. The van der Waals surface area contributed by atoms with Crippen LogP contribution in [0.5, 0.6) is 0 Å². The standard InChI is InChI=1S/C17H17N3O3/c1-11(19-20-17(22)15-3-2-10-23-15)12-6-8-14(9-7-12)18-16(21)13-4-5-13/h2-3,6-10,13H,4-5H2,1H3,(H,18,21)(H,20,22)/b19-11+. The second-order valence-corrected chi connectivity index (χ2v) is 5.46. The van der Waals surface area contributed by atoms with Crippen LogP contribution in [0.4, 0.5) is 5.69 Å². The number of furan rings is 1. The number of hydrogen-bond acceptors (Lipinski definition) is 4. The highest BCUT2D eigenvalue weighted by atomic mass is 16.3. The molecule has 1 aromatic heterocycles. The maximum atomic E-state index is 11.7. The van der Waals surface area contributed by atoms with Crippen molar-refractivity contribution in [3.63, 3.8) is 0 Å². The van der Waals surface area contributed by atoms with Gasteiger partial charge in [0.05, 0.1) is 12.0 Å². The fraction of sp³-hybridized carbons (Fsp3) is 0.235. The van der Waals surface area contributed by atoms with Crippen LogP contribution in [0.1, 0.15) is 35.9 Å². The summed E-state index contributed by atoms with van der Waals surface area (Å²) in [6, 6.07) is 10.5. The molecule has 1 aliphatic carbocycles. The van der Waals surface area contributed by atoms with Crippen LogP contribution in [0.15, 0.2) is 52.2 Å². The predicted octanol–water partition coefficient (Wildman–Crippen LogP) is 2.78. The summed E-state index contributed by atoms with van der Waals surface area (Å²) >= 11 is 0. The molecule has 0 spiro atoms. The molecule has 1 aromatic carbocycles. The highest BCUT2D eigenvalue weighted by Crippen LogP contribution is 2.30. The number of hydrogen-bond donors (Lipinski definition) is 2. The summed E-state index contributed by atoms with van der Waals surface area (Å²) in [4.78, 5) is 23.4. The van der Waals surface area contributed by atoms with Crippen molar-refractivity contribution in [3.05, 3.63) is 54.0 Å². The van der Waals surface area contributed by atoms with Gasteiger partial charge in [-0.15, -0.1) is 0 Å². The molecule has 0 unspecified atom stereocenters. The van der Waals surface area contributed by atoms with E-state index >= 15 is 0 Å². The number of anilines is 1. The first kappa shape index (κ1) is 15.0. The second kappa shape index (κ2) is 6.48. The summed E-state index contributed by atoms with van der Waals surface area (Å²) in [6.07, 6.45) is 3.39. The van der Waals surface area contributed by atoms with Crippen LogP contribution < -0.4 is 10.7 Å². The molecule has 2 aromatic rings. The predicted molar refractivity (Wildman–Crippen MR) is 86.2 cm³/mol. The Morgan fingerprint density at radius 3 is 2.52 bits per heavy atom. The minimum atomic E-state index is -0.400. The molecule has 6 nitrogen and oxygen atoms in total. The third-order valence-corrected chi connectivity index (χ3v) is 3.59. The number of carbonyl (C=O) groups excluding carboxylic acids is 2. The number of carbonyl (C=O) groups is 2. The van der Waals surface area contributed by atoms with E-state index < -0.39 is 5.91 Å². The monoisotopic (exact) mass is 311 g/mol. The lowest BCUT2D eigenvalue weighted by Gasteiger charge is -2.06. The van der Waals surface area contributed by atoms with Gasteiger partial charge in [0.2, 0.25) is 5.91 Å². The first-order valence-electron chi connectivity index (χ1n) is 7.43. The Morgan fingerprint density at radius 1 is 1.17 bits per heavy atom. The van der Waals surface area contributed by atoms with E-state index in [1.165, 1.54) is 6.26 Å². The molecule has 1 saturated carbocycles. The molecule has 3 rings (SSSR count). The van der Waals surface area contributed by atoms with Crippen LogP contribution in [0.25, 0.3) is 0 Å². The zero-order valence-corrected chi connectivity index (χ0v) is 12.7. The molecule has 23 heavy (non-hydrogen) atoms. The topological polar surface area (TPSA) is 83.7 Å². The van der Waals surface area contributed by atoms with Gasteiger partial charge in [-0.1, -0.05) is 12.1 Å². The highest BCUT2D eigenvalue weighted by Gasteiger charge is 2.29. The van der Waals surface area contributed by atoms with Crippen LogP contribution in [0.3, 0.4) is 0 Å². The van der Waals surface area contributed by atoms with E-state index in [0.717, 1.165) is 24.1 Å². The van der Waals surface area contributed by atoms with Crippen molar-refractivity contribution in [1.29, 1.82) is 0 Å². The summed E-state index contributed by atoms with van der Waals surface area (Å²) in [5.74, 6) is 0.0611. The molecule has 6 heteroatoms. The molecular weight excluding hydrogens is 294 g/mol. The van der Waals surface area contributed by atoms with Crippen LogP contribution in [0.2, 0.25) is 0 Å². The van der Waals surface area contributed by atoms with Crippen molar-refractivity contribution in [2.45, 2.75) is 19.8 Å². The molecule has 1 heterocycles. The highest BCUT2D eigenvalue weighted by molar-refractivity contribution is 6.01. The Labute approximate surface area is 133 Å². The number of hydrazone groups is 1. The van der Waals surface area contributed by atoms with Crippen molar-refractivity contribution < 1.29 is 14.0 Å². The van der Waals surface area contributed by atoms with Crippen LogP contribution in [-0.4, -0.2) is 17.5 Å². The smallest absolute Gasteiger partial charge is 0.307 e. The molecule has 2 amide bonds. The SMILES string of the molecule is C/C(=N\NC(=O)c1ccco1)c1ccc(NC(=O)C2CC2)cc1. The van der Waals surface area contributed by atoms with Crippen molar-refractivity contribution in [2.75, 3.05) is 5.32 Å². The first-order chi connectivity index (χ1) is 11.1. The number of nitrogens with zero attached hydrogens (tertiary/aromatic N) is 1. The molecule has 0 radical (unpaired) electrons. The molecule has 1 fully saturated rings. The van der Waals surface area contributed by atoms with Gasteiger partial charge < -0.3 is 9.73 Å². The van der Waals surface area contributed by atoms with Gasteiger partial charge in [0.25, 0.3) is 0 Å². The Balaban J connectivity index is 1.60. The Kier molecular flexibility index (Phi) is 4.23. The molecular formula is C17H17N3O3. The van der Waals surface area contributed by atoms with Gasteiger partial charge in [0.15, 0.2) is 5.76 Å². The number of amides is 2. The number of nitrogens with one attached hydrogen (secondary N) is 2. The second-order valence-electron chi connectivity index (χ2n) is 5.46. The van der Waals surface area contributed by atoms with E-state index in [1.54, 1.807) is 19.1 Å². The molecule has 0 saturated heterocycles. The van der Waals surface area contributed by atoms with Crippen LogP contribution >= 0.6 is 0 Å². The first-order valence-corrected chi connectivity index (χ1v) is 7.43. The van der Waals surface area contributed by atoms with Crippen LogP contribution in [-0.2, 0) is 4.79 Å². The zero-order valence-electron chi connectivity index (χ0n) is 12.7. The molecule has 1 aliphatic rings. The van der Waals surface area contributed by atoms with Crippen molar-refractivity contribution in [2.24, 2.45) is 11.0 Å². The van der Waals surface area contributed by atoms with Gasteiger partial charge >= 0.3 is 5.91 Å². The summed E-state index contributed by atoms with van der Waals surface area (Å²) < 4.78 is 4.99. The zero-order chi connectivity index (χ0) is 16.2. The van der Waals surface area contributed by atoms with Gasteiger partial charge in [-0.25, -0.2) is 5.43 Å². The largest absolute Gasteiger partial charge is 0.459 e. The van der Waals surface area contributed by atoms with E-state index in [2.05, 4.69) is 15.8 Å². The van der Waals surface area contributed by atoms with Gasteiger partial charge in [-0.3, -0.25) is 9.59 Å². The molecule has 0 aliphatic heterocycles. The number of benzene rings is 1. The molecule has 118 valence electrons. The lowest BCUT2D eigenvalue weighted by atomic mass is 10.1. The lowest BCUT2D eigenvalue weighted by Crippen LogP contribution is -2.18. The summed E-state index contributed by atoms with van der Waals surface area (Å²) in [7, 11) is 0. The van der Waals surface area contributed by atoms with E-state index in [1.807, 2.05) is 24.3 Å².